The molecule has 3 aromatic rings. The zero-order chi connectivity index (χ0) is 20.8. The van der Waals surface area contributed by atoms with E-state index in [1.165, 1.54) is 11.1 Å². The van der Waals surface area contributed by atoms with Crippen molar-refractivity contribution < 1.29 is 9.84 Å². The molecule has 4 rings (SSSR count). The predicted octanol–water partition coefficient (Wildman–Crippen LogP) is 4.54. The predicted molar refractivity (Wildman–Crippen MR) is 122 cm³/mol. The van der Waals surface area contributed by atoms with Gasteiger partial charge in [-0.15, -0.1) is 0 Å². The lowest BCUT2D eigenvalue weighted by molar-refractivity contribution is -0.0223. The molecule has 0 saturated carbocycles. The molecule has 1 aliphatic rings. The third-order valence-corrected chi connectivity index (χ3v) is 6.19. The summed E-state index contributed by atoms with van der Waals surface area (Å²) in [4.78, 5) is 2.42. The fraction of sp³-hybridized carbons (Fsp3) is 0.333. The Morgan fingerprint density at radius 3 is 2.10 bits per heavy atom. The standard InChI is InChI=1S/C27H31NO2/c1-22-12-14-25(15-13-22)27(29,20-23-8-4-2-5-9-23)26(24-10-6-3-7-11-24)21-28-16-18-30-19-17-28/h2-15,26,29H,16-21H2,1H3. The fourth-order valence-electron chi connectivity index (χ4n) is 4.44. The summed E-state index contributed by atoms with van der Waals surface area (Å²) < 4.78 is 5.56. The molecule has 1 fully saturated rings. The first-order valence-electron chi connectivity index (χ1n) is 10.8. The van der Waals surface area contributed by atoms with Gasteiger partial charge in [0.2, 0.25) is 0 Å². The van der Waals surface area contributed by atoms with Gasteiger partial charge in [0.1, 0.15) is 5.60 Å². The van der Waals surface area contributed by atoms with Crippen molar-refractivity contribution in [1.29, 1.82) is 0 Å². The lowest BCUT2D eigenvalue weighted by atomic mass is 9.73. The fourth-order valence-corrected chi connectivity index (χ4v) is 4.44. The van der Waals surface area contributed by atoms with E-state index in [9.17, 15) is 5.11 Å². The highest BCUT2D eigenvalue weighted by Gasteiger charge is 2.40. The van der Waals surface area contributed by atoms with Crippen molar-refractivity contribution in [3.63, 3.8) is 0 Å². The van der Waals surface area contributed by atoms with Crippen LogP contribution in [0.2, 0.25) is 0 Å². The van der Waals surface area contributed by atoms with Gasteiger partial charge in [0, 0.05) is 32.0 Å². The third kappa shape index (κ3) is 4.81. The van der Waals surface area contributed by atoms with Crippen LogP contribution in [-0.2, 0) is 16.8 Å². The molecule has 2 unspecified atom stereocenters. The quantitative estimate of drug-likeness (QED) is 0.631. The maximum atomic E-state index is 12.4. The molecule has 1 N–H and O–H groups in total. The summed E-state index contributed by atoms with van der Waals surface area (Å²) in [5.41, 5.74) is 3.46. The molecule has 1 saturated heterocycles. The van der Waals surface area contributed by atoms with Gasteiger partial charge in [0.15, 0.2) is 0 Å². The number of hydrogen-bond acceptors (Lipinski definition) is 3. The molecule has 1 aliphatic heterocycles. The number of ether oxygens (including phenoxy) is 1. The molecule has 3 nitrogen and oxygen atoms in total. The largest absolute Gasteiger partial charge is 0.384 e. The Morgan fingerprint density at radius 2 is 1.47 bits per heavy atom. The van der Waals surface area contributed by atoms with Crippen LogP contribution in [0, 0.1) is 6.92 Å². The summed E-state index contributed by atoms with van der Waals surface area (Å²) in [6, 6.07) is 29.2. The van der Waals surface area contributed by atoms with E-state index in [1.807, 2.05) is 24.3 Å². The molecule has 0 spiro atoms. The Balaban J connectivity index is 1.77. The number of aliphatic hydroxyl groups is 1. The molecule has 0 bridgehead atoms. The first-order chi connectivity index (χ1) is 14.6. The van der Waals surface area contributed by atoms with Crippen molar-refractivity contribution in [3.05, 3.63) is 107 Å². The van der Waals surface area contributed by atoms with E-state index in [-0.39, 0.29) is 5.92 Å². The van der Waals surface area contributed by atoms with Crippen LogP contribution in [-0.4, -0.2) is 42.9 Å². The number of rotatable bonds is 7. The summed E-state index contributed by atoms with van der Waals surface area (Å²) >= 11 is 0. The van der Waals surface area contributed by atoms with Crippen LogP contribution < -0.4 is 0 Å². The summed E-state index contributed by atoms with van der Waals surface area (Å²) in [6.45, 7) is 6.19. The molecule has 0 aliphatic carbocycles. The van der Waals surface area contributed by atoms with Crippen molar-refractivity contribution in [3.8, 4) is 0 Å². The minimum atomic E-state index is -1.02. The smallest absolute Gasteiger partial charge is 0.102 e. The average molecular weight is 402 g/mol. The van der Waals surface area contributed by atoms with Crippen LogP contribution in [0.1, 0.15) is 28.2 Å². The van der Waals surface area contributed by atoms with Gasteiger partial charge in [-0.05, 0) is 23.6 Å². The molecule has 3 heteroatoms. The molecule has 156 valence electrons. The van der Waals surface area contributed by atoms with Gasteiger partial charge in [-0.1, -0.05) is 90.5 Å². The molecule has 0 aromatic heterocycles. The van der Waals surface area contributed by atoms with Crippen molar-refractivity contribution in [2.45, 2.75) is 24.9 Å². The number of morpholine rings is 1. The van der Waals surface area contributed by atoms with E-state index in [1.54, 1.807) is 0 Å². The van der Waals surface area contributed by atoms with Crippen LogP contribution >= 0.6 is 0 Å². The topological polar surface area (TPSA) is 32.7 Å². The second kappa shape index (κ2) is 9.57. The molecule has 1 heterocycles. The SMILES string of the molecule is Cc1ccc(C(O)(Cc2ccccc2)C(CN2CCOCC2)c2ccccc2)cc1. The van der Waals surface area contributed by atoms with Crippen LogP contribution in [0.25, 0.3) is 0 Å². The van der Waals surface area contributed by atoms with Gasteiger partial charge in [0.05, 0.1) is 13.2 Å². The normalized spacial score (nSPS) is 17.9. The third-order valence-electron chi connectivity index (χ3n) is 6.19. The second-order valence-corrected chi connectivity index (χ2v) is 8.33. The van der Waals surface area contributed by atoms with Gasteiger partial charge in [-0.25, -0.2) is 0 Å². The van der Waals surface area contributed by atoms with Crippen molar-refractivity contribution >= 4 is 0 Å². The Morgan fingerprint density at radius 1 is 0.867 bits per heavy atom. The minimum Gasteiger partial charge on any atom is -0.384 e. The molecular formula is C27H31NO2. The summed E-state index contributed by atoms with van der Waals surface area (Å²) in [5, 5.41) is 12.4. The van der Waals surface area contributed by atoms with E-state index in [2.05, 4.69) is 72.5 Å². The highest BCUT2D eigenvalue weighted by atomic mass is 16.5. The van der Waals surface area contributed by atoms with E-state index >= 15 is 0 Å². The highest BCUT2D eigenvalue weighted by Crippen LogP contribution is 2.40. The van der Waals surface area contributed by atoms with Gasteiger partial charge in [-0.3, -0.25) is 4.90 Å². The van der Waals surface area contributed by atoms with Gasteiger partial charge in [-0.2, -0.15) is 0 Å². The molecule has 0 amide bonds. The van der Waals surface area contributed by atoms with E-state index in [0.717, 1.165) is 44.0 Å². The molecule has 30 heavy (non-hydrogen) atoms. The summed E-state index contributed by atoms with van der Waals surface area (Å²) in [5.74, 6) is -0.0558. The second-order valence-electron chi connectivity index (χ2n) is 8.33. The molecule has 3 aromatic carbocycles. The monoisotopic (exact) mass is 401 g/mol. The Labute approximate surface area is 179 Å². The zero-order valence-electron chi connectivity index (χ0n) is 17.7. The Bertz CT molecular complexity index is 905. The number of hydrogen-bond donors (Lipinski definition) is 1. The maximum Gasteiger partial charge on any atom is 0.102 e. The van der Waals surface area contributed by atoms with E-state index < -0.39 is 5.60 Å². The number of aryl methyl sites for hydroxylation is 1. The highest BCUT2D eigenvalue weighted by molar-refractivity contribution is 5.36. The van der Waals surface area contributed by atoms with Crippen LogP contribution in [0.5, 0.6) is 0 Å². The average Bonchev–Trinajstić information content (AvgIpc) is 2.80. The Kier molecular flexibility index (Phi) is 6.63. The molecule has 0 radical (unpaired) electrons. The van der Waals surface area contributed by atoms with Crippen molar-refractivity contribution in [2.75, 3.05) is 32.8 Å². The lowest BCUT2D eigenvalue weighted by Crippen LogP contribution is -2.45. The zero-order valence-corrected chi connectivity index (χ0v) is 17.7. The maximum absolute atomic E-state index is 12.4. The van der Waals surface area contributed by atoms with Crippen molar-refractivity contribution in [2.24, 2.45) is 0 Å². The first kappa shape index (κ1) is 20.8. The summed E-state index contributed by atoms with van der Waals surface area (Å²) in [6.07, 6.45) is 0.570. The molecule has 2 atom stereocenters. The van der Waals surface area contributed by atoms with Gasteiger partial charge >= 0.3 is 0 Å². The summed E-state index contributed by atoms with van der Waals surface area (Å²) in [7, 11) is 0. The van der Waals surface area contributed by atoms with Crippen LogP contribution in [0.3, 0.4) is 0 Å². The van der Waals surface area contributed by atoms with Crippen LogP contribution in [0.15, 0.2) is 84.9 Å². The van der Waals surface area contributed by atoms with Gasteiger partial charge < -0.3 is 9.84 Å². The van der Waals surface area contributed by atoms with E-state index in [4.69, 9.17) is 4.74 Å². The van der Waals surface area contributed by atoms with E-state index in [0.29, 0.717) is 6.42 Å². The van der Waals surface area contributed by atoms with Gasteiger partial charge in [0.25, 0.3) is 0 Å². The number of benzene rings is 3. The first-order valence-corrected chi connectivity index (χ1v) is 10.8. The van der Waals surface area contributed by atoms with Crippen molar-refractivity contribution in [1.82, 2.24) is 4.90 Å². The number of nitrogens with zero attached hydrogens (tertiary/aromatic N) is 1. The van der Waals surface area contributed by atoms with Crippen LogP contribution in [0.4, 0.5) is 0 Å². The minimum absolute atomic E-state index is 0.0558. The molecular weight excluding hydrogens is 370 g/mol. The lowest BCUT2D eigenvalue weighted by Gasteiger charge is -2.41. The Hall–Kier alpha value is -2.46.